The lowest BCUT2D eigenvalue weighted by atomic mass is 10.2. The fraction of sp³-hybridized carbons (Fsp3) is 0.364. The zero-order valence-electron chi connectivity index (χ0n) is 7.90. The molecule has 1 atom stereocenters. The van der Waals surface area contributed by atoms with E-state index in [0.717, 1.165) is 0 Å². The van der Waals surface area contributed by atoms with Gasteiger partial charge in [-0.1, -0.05) is 32.0 Å². The van der Waals surface area contributed by atoms with E-state index in [1.165, 1.54) is 4.90 Å². The highest BCUT2D eigenvalue weighted by atomic mass is 32.2. The Balaban J connectivity index is 2.64. The normalized spacial score (nSPS) is 12.5. The summed E-state index contributed by atoms with van der Waals surface area (Å²) in [6, 6.07) is 10.1. The molecular formula is C11H13NS. The SMILES string of the molecule is [C-]#[N+]C(Sc1ccccc1)C(C)C. The fourth-order valence-electron chi connectivity index (χ4n) is 0.950. The Morgan fingerprint density at radius 3 is 2.31 bits per heavy atom. The summed E-state index contributed by atoms with van der Waals surface area (Å²) in [5, 5.41) is 0.0439. The highest BCUT2D eigenvalue weighted by Gasteiger charge is 2.18. The van der Waals surface area contributed by atoms with Crippen molar-refractivity contribution in [2.45, 2.75) is 24.1 Å². The molecule has 1 nitrogen and oxygen atoms in total. The molecule has 68 valence electrons. The van der Waals surface area contributed by atoms with E-state index in [2.05, 4.69) is 18.7 Å². The Labute approximate surface area is 84.0 Å². The lowest BCUT2D eigenvalue weighted by Crippen LogP contribution is -2.04. The fourth-order valence-corrected chi connectivity index (χ4v) is 1.87. The highest BCUT2D eigenvalue weighted by Crippen LogP contribution is 2.28. The zero-order chi connectivity index (χ0) is 9.68. The van der Waals surface area contributed by atoms with Gasteiger partial charge in [-0.2, -0.15) is 0 Å². The van der Waals surface area contributed by atoms with E-state index in [9.17, 15) is 0 Å². The van der Waals surface area contributed by atoms with Crippen LogP contribution in [0.1, 0.15) is 13.8 Å². The van der Waals surface area contributed by atoms with Gasteiger partial charge in [-0.15, -0.1) is 0 Å². The topological polar surface area (TPSA) is 4.36 Å². The van der Waals surface area contributed by atoms with Crippen molar-refractivity contribution >= 4 is 11.8 Å². The molecule has 2 heteroatoms. The first-order valence-electron chi connectivity index (χ1n) is 4.32. The third-order valence-corrected chi connectivity index (χ3v) is 3.13. The summed E-state index contributed by atoms with van der Waals surface area (Å²) in [7, 11) is 0. The lowest BCUT2D eigenvalue weighted by molar-refractivity contribution is 0.675. The van der Waals surface area contributed by atoms with E-state index in [4.69, 9.17) is 6.57 Å². The van der Waals surface area contributed by atoms with Crippen LogP contribution in [0.5, 0.6) is 0 Å². The van der Waals surface area contributed by atoms with Crippen LogP contribution in [0.2, 0.25) is 0 Å². The van der Waals surface area contributed by atoms with E-state index < -0.39 is 0 Å². The molecule has 0 saturated carbocycles. The molecule has 0 aromatic heterocycles. The average Bonchev–Trinajstić information content (AvgIpc) is 2.15. The van der Waals surface area contributed by atoms with Gasteiger partial charge in [0.25, 0.3) is 5.37 Å². The maximum atomic E-state index is 7.04. The third-order valence-electron chi connectivity index (χ3n) is 1.70. The Kier molecular flexibility index (Phi) is 3.85. The number of hydrogen-bond acceptors (Lipinski definition) is 1. The molecule has 0 aliphatic rings. The van der Waals surface area contributed by atoms with Crippen molar-refractivity contribution in [2.24, 2.45) is 5.92 Å². The molecule has 1 unspecified atom stereocenters. The predicted molar refractivity (Wildman–Crippen MR) is 57.5 cm³/mol. The minimum atomic E-state index is 0.0439. The molecule has 0 N–H and O–H groups in total. The molecule has 0 bridgehead atoms. The van der Waals surface area contributed by atoms with Crippen LogP contribution in [0.4, 0.5) is 0 Å². The van der Waals surface area contributed by atoms with Gasteiger partial charge >= 0.3 is 0 Å². The number of thioether (sulfide) groups is 1. The van der Waals surface area contributed by atoms with Crippen LogP contribution in [-0.4, -0.2) is 5.37 Å². The molecule has 0 amide bonds. The van der Waals surface area contributed by atoms with Crippen molar-refractivity contribution in [1.29, 1.82) is 0 Å². The van der Waals surface area contributed by atoms with Gasteiger partial charge in [-0.3, -0.25) is 0 Å². The van der Waals surface area contributed by atoms with Crippen LogP contribution in [0.25, 0.3) is 4.85 Å². The maximum absolute atomic E-state index is 7.04. The van der Waals surface area contributed by atoms with Crippen molar-refractivity contribution in [2.75, 3.05) is 0 Å². The minimum absolute atomic E-state index is 0.0439. The molecule has 0 heterocycles. The van der Waals surface area contributed by atoms with Crippen molar-refractivity contribution in [3.8, 4) is 0 Å². The molecule has 1 aromatic carbocycles. The summed E-state index contributed by atoms with van der Waals surface area (Å²) in [5.41, 5.74) is 0. The molecule has 1 rings (SSSR count). The van der Waals surface area contributed by atoms with Gasteiger partial charge in [0.2, 0.25) is 0 Å². The minimum Gasteiger partial charge on any atom is -0.301 e. The number of hydrogen-bond donors (Lipinski definition) is 0. The van der Waals surface area contributed by atoms with Gasteiger partial charge in [0, 0.05) is 10.8 Å². The van der Waals surface area contributed by atoms with Gasteiger partial charge in [0.1, 0.15) is 0 Å². The summed E-state index contributed by atoms with van der Waals surface area (Å²) in [4.78, 5) is 4.77. The largest absolute Gasteiger partial charge is 0.301 e. The van der Waals surface area contributed by atoms with Gasteiger partial charge < -0.3 is 4.85 Å². The van der Waals surface area contributed by atoms with Gasteiger partial charge in [-0.25, -0.2) is 6.57 Å². The quantitative estimate of drug-likeness (QED) is 0.521. The Hall–Kier alpha value is -0.940. The number of rotatable bonds is 3. The first kappa shape index (κ1) is 10.1. The van der Waals surface area contributed by atoms with Crippen LogP contribution in [0.15, 0.2) is 35.2 Å². The summed E-state index contributed by atoms with van der Waals surface area (Å²) in [6.07, 6.45) is 0. The second-order valence-corrected chi connectivity index (χ2v) is 4.38. The Bertz CT molecular complexity index is 287. The number of benzene rings is 1. The first-order valence-corrected chi connectivity index (χ1v) is 5.20. The second kappa shape index (κ2) is 4.94. The smallest absolute Gasteiger partial charge is 0.275 e. The average molecular weight is 191 g/mol. The molecule has 0 spiro atoms. The van der Waals surface area contributed by atoms with Gasteiger partial charge in [0.05, 0.1) is 0 Å². The monoisotopic (exact) mass is 191 g/mol. The van der Waals surface area contributed by atoms with Crippen molar-refractivity contribution in [1.82, 2.24) is 0 Å². The van der Waals surface area contributed by atoms with E-state index in [1.807, 2.05) is 30.3 Å². The second-order valence-electron chi connectivity index (χ2n) is 3.19. The summed E-state index contributed by atoms with van der Waals surface area (Å²) in [5.74, 6) is 0.405. The molecular weight excluding hydrogens is 178 g/mol. The molecule has 0 radical (unpaired) electrons. The van der Waals surface area contributed by atoms with E-state index in [0.29, 0.717) is 5.92 Å². The van der Waals surface area contributed by atoms with E-state index >= 15 is 0 Å². The molecule has 0 aliphatic heterocycles. The van der Waals surface area contributed by atoms with Gasteiger partial charge in [-0.05, 0) is 23.9 Å². The Morgan fingerprint density at radius 1 is 1.23 bits per heavy atom. The molecule has 1 aromatic rings. The van der Waals surface area contributed by atoms with Crippen molar-refractivity contribution in [3.63, 3.8) is 0 Å². The van der Waals surface area contributed by atoms with Crippen LogP contribution in [0, 0.1) is 12.5 Å². The standard InChI is InChI=1S/C11H13NS/c1-9(2)11(12-3)13-10-7-5-4-6-8-10/h4-9,11H,1-2H3. The van der Waals surface area contributed by atoms with Crippen LogP contribution < -0.4 is 0 Å². The lowest BCUT2D eigenvalue weighted by Gasteiger charge is -2.07. The first-order chi connectivity index (χ1) is 6.24. The molecule has 13 heavy (non-hydrogen) atoms. The molecule has 0 fully saturated rings. The summed E-state index contributed by atoms with van der Waals surface area (Å²) < 4.78 is 0. The highest BCUT2D eigenvalue weighted by molar-refractivity contribution is 8.00. The summed E-state index contributed by atoms with van der Waals surface area (Å²) >= 11 is 1.64. The van der Waals surface area contributed by atoms with Gasteiger partial charge in [0.15, 0.2) is 0 Å². The van der Waals surface area contributed by atoms with Crippen LogP contribution in [0.3, 0.4) is 0 Å². The summed E-state index contributed by atoms with van der Waals surface area (Å²) in [6.45, 7) is 11.2. The molecule has 0 saturated heterocycles. The van der Waals surface area contributed by atoms with Crippen LogP contribution in [-0.2, 0) is 0 Å². The Morgan fingerprint density at radius 2 is 1.85 bits per heavy atom. The number of nitrogens with zero attached hydrogens (tertiary/aromatic N) is 1. The van der Waals surface area contributed by atoms with E-state index in [-0.39, 0.29) is 5.37 Å². The van der Waals surface area contributed by atoms with Crippen molar-refractivity contribution < 1.29 is 0 Å². The van der Waals surface area contributed by atoms with Crippen LogP contribution >= 0.6 is 11.8 Å². The third kappa shape index (κ3) is 3.12. The van der Waals surface area contributed by atoms with Crippen molar-refractivity contribution in [3.05, 3.63) is 41.7 Å². The predicted octanol–water partition coefficient (Wildman–Crippen LogP) is 3.68. The van der Waals surface area contributed by atoms with E-state index in [1.54, 1.807) is 11.8 Å². The molecule has 0 aliphatic carbocycles. The maximum Gasteiger partial charge on any atom is 0.275 e. The zero-order valence-corrected chi connectivity index (χ0v) is 8.71.